The van der Waals surface area contributed by atoms with Gasteiger partial charge in [-0.05, 0) is 74.8 Å². The Morgan fingerprint density at radius 3 is 1.67 bits per heavy atom. The fraction of sp³-hybridized carbons (Fsp3) is 0. The molecule has 0 fully saturated rings. The van der Waals surface area contributed by atoms with Crippen LogP contribution in [0.5, 0.6) is 0 Å². The number of nitrogens with zero attached hydrogens (tertiary/aromatic N) is 1. The number of benzene rings is 8. The lowest BCUT2D eigenvalue weighted by atomic mass is 9.94. The Bertz CT molecular complexity index is 2750. The van der Waals surface area contributed by atoms with Crippen LogP contribution in [0.2, 0.25) is 0 Å². The predicted octanol–water partition coefficient (Wildman–Crippen LogP) is 12.9. The Morgan fingerprint density at radius 2 is 0.911 bits per heavy atom. The van der Waals surface area contributed by atoms with E-state index in [9.17, 15) is 0 Å². The van der Waals surface area contributed by atoms with Crippen LogP contribution in [0.15, 0.2) is 156 Å². The van der Waals surface area contributed by atoms with Crippen molar-refractivity contribution < 1.29 is 4.42 Å². The van der Waals surface area contributed by atoms with E-state index in [1.54, 1.807) is 0 Å². The number of fused-ring (bicyclic) bond motifs is 12. The van der Waals surface area contributed by atoms with E-state index in [1.165, 1.54) is 52.5 Å². The number of hydrogen-bond donors (Lipinski definition) is 0. The molecule has 0 bridgehead atoms. The first-order valence-corrected chi connectivity index (χ1v) is 16.1. The molecule has 10 aromatic rings. The summed E-state index contributed by atoms with van der Waals surface area (Å²) in [5.74, 6) is 0. The molecule has 3 heteroatoms. The number of rotatable bonds is 3. The summed E-state index contributed by atoms with van der Waals surface area (Å²) in [6, 6.07) is 54.8. The molecule has 210 valence electrons. The summed E-state index contributed by atoms with van der Waals surface area (Å²) in [6.07, 6.45) is 0. The molecule has 45 heavy (non-hydrogen) atoms. The molecule has 0 atom stereocenters. The molecule has 0 saturated heterocycles. The van der Waals surface area contributed by atoms with Crippen LogP contribution in [0.3, 0.4) is 0 Å². The van der Waals surface area contributed by atoms with E-state index in [2.05, 4.69) is 144 Å². The number of hydrogen-bond acceptors (Lipinski definition) is 3. The summed E-state index contributed by atoms with van der Waals surface area (Å²) < 4.78 is 8.97. The summed E-state index contributed by atoms with van der Waals surface area (Å²) >= 11 is 1.86. The maximum Gasteiger partial charge on any atom is 0.137 e. The molecule has 0 aliphatic rings. The van der Waals surface area contributed by atoms with Gasteiger partial charge in [0.05, 0.1) is 10.4 Å². The van der Waals surface area contributed by atoms with Gasteiger partial charge in [0.25, 0.3) is 0 Å². The SMILES string of the molecule is c1ccc2c(c1)oc1cc(N(c3ccc4c5ccccc5c5ccccc5c4c3)c3cccc4c3sc3ccccc34)ccc12. The number of anilines is 3. The third-order valence-corrected chi connectivity index (χ3v) is 10.4. The third-order valence-electron chi connectivity index (χ3n) is 9.23. The first-order valence-electron chi connectivity index (χ1n) is 15.3. The summed E-state index contributed by atoms with van der Waals surface area (Å²) in [5, 5.41) is 12.5. The van der Waals surface area contributed by atoms with Crippen LogP contribution >= 0.6 is 11.3 Å². The van der Waals surface area contributed by atoms with Gasteiger partial charge in [0, 0.05) is 43.7 Å². The Hall–Kier alpha value is -5.64. The van der Waals surface area contributed by atoms with Gasteiger partial charge in [-0.3, -0.25) is 0 Å². The zero-order valence-electron chi connectivity index (χ0n) is 24.2. The Kier molecular flexibility index (Phi) is 5.19. The molecule has 0 unspecified atom stereocenters. The molecule has 0 aliphatic carbocycles. The fourth-order valence-electron chi connectivity index (χ4n) is 7.22. The molecule has 8 aromatic carbocycles. The van der Waals surface area contributed by atoms with Crippen molar-refractivity contribution in [2.75, 3.05) is 4.90 Å². The highest BCUT2D eigenvalue weighted by Gasteiger charge is 2.20. The van der Waals surface area contributed by atoms with E-state index in [4.69, 9.17) is 4.42 Å². The first kappa shape index (κ1) is 24.8. The molecule has 0 spiro atoms. The normalized spacial score (nSPS) is 12.0. The molecule has 0 N–H and O–H groups in total. The van der Waals surface area contributed by atoms with Gasteiger partial charge in [-0.2, -0.15) is 0 Å². The van der Waals surface area contributed by atoms with Crippen LogP contribution in [0.4, 0.5) is 17.1 Å². The van der Waals surface area contributed by atoms with Crippen molar-refractivity contribution in [1.82, 2.24) is 0 Å². The average Bonchev–Trinajstić information content (AvgIpc) is 3.67. The lowest BCUT2D eigenvalue weighted by Crippen LogP contribution is -2.10. The molecule has 2 nitrogen and oxygen atoms in total. The molecule has 0 amide bonds. The van der Waals surface area contributed by atoms with Crippen molar-refractivity contribution in [3.63, 3.8) is 0 Å². The van der Waals surface area contributed by atoms with Crippen molar-refractivity contribution in [2.45, 2.75) is 0 Å². The molecule has 0 aliphatic heterocycles. The van der Waals surface area contributed by atoms with Gasteiger partial charge in [0.15, 0.2) is 0 Å². The summed E-state index contributed by atoms with van der Waals surface area (Å²) in [6.45, 7) is 0. The highest BCUT2D eigenvalue weighted by Crippen LogP contribution is 2.47. The van der Waals surface area contributed by atoms with Crippen LogP contribution in [0.1, 0.15) is 0 Å². The zero-order chi connectivity index (χ0) is 29.5. The van der Waals surface area contributed by atoms with Crippen molar-refractivity contribution >= 4 is 103 Å². The Morgan fingerprint density at radius 1 is 0.378 bits per heavy atom. The minimum Gasteiger partial charge on any atom is -0.456 e. The van der Waals surface area contributed by atoms with E-state index >= 15 is 0 Å². The highest BCUT2D eigenvalue weighted by atomic mass is 32.1. The number of thiophene rings is 1. The standard InChI is InChI=1S/C42H25NOS/c1-2-12-30-28(10-1)29-11-3-4-13-31(29)37-24-26(20-22-32(30)37)43(27-21-23-34-33-14-5-7-18-39(33)44-40(34)25-27)38-17-9-16-36-35-15-6-8-19-41(35)45-42(36)38/h1-25H. The maximum absolute atomic E-state index is 6.40. The second-order valence-corrected chi connectivity index (χ2v) is 12.7. The van der Waals surface area contributed by atoms with Crippen LogP contribution in [-0.2, 0) is 0 Å². The van der Waals surface area contributed by atoms with E-state index in [1.807, 2.05) is 23.5 Å². The van der Waals surface area contributed by atoms with E-state index in [-0.39, 0.29) is 0 Å². The van der Waals surface area contributed by atoms with E-state index < -0.39 is 0 Å². The van der Waals surface area contributed by atoms with Crippen molar-refractivity contribution in [1.29, 1.82) is 0 Å². The Balaban J connectivity index is 1.29. The molecule has 10 rings (SSSR count). The Labute approximate surface area is 263 Å². The highest BCUT2D eigenvalue weighted by molar-refractivity contribution is 7.26. The monoisotopic (exact) mass is 591 g/mol. The van der Waals surface area contributed by atoms with Gasteiger partial charge in [0.1, 0.15) is 11.2 Å². The van der Waals surface area contributed by atoms with Gasteiger partial charge < -0.3 is 9.32 Å². The topological polar surface area (TPSA) is 16.4 Å². The zero-order valence-corrected chi connectivity index (χ0v) is 25.0. The predicted molar refractivity (Wildman–Crippen MR) is 194 cm³/mol. The summed E-state index contributed by atoms with van der Waals surface area (Å²) in [5.41, 5.74) is 5.14. The molecule has 2 heterocycles. The van der Waals surface area contributed by atoms with Gasteiger partial charge in [-0.1, -0.05) is 103 Å². The minimum absolute atomic E-state index is 0.888. The summed E-state index contributed by atoms with van der Waals surface area (Å²) in [4.78, 5) is 2.41. The lowest BCUT2D eigenvalue weighted by molar-refractivity contribution is 0.669. The first-order chi connectivity index (χ1) is 22.3. The fourth-order valence-corrected chi connectivity index (χ4v) is 8.43. The van der Waals surface area contributed by atoms with E-state index in [0.29, 0.717) is 0 Å². The van der Waals surface area contributed by atoms with Gasteiger partial charge in [-0.15, -0.1) is 11.3 Å². The van der Waals surface area contributed by atoms with Gasteiger partial charge >= 0.3 is 0 Å². The second-order valence-electron chi connectivity index (χ2n) is 11.7. The smallest absolute Gasteiger partial charge is 0.137 e. The van der Waals surface area contributed by atoms with Crippen molar-refractivity contribution in [3.05, 3.63) is 152 Å². The minimum atomic E-state index is 0.888. The van der Waals surface area contributed by atoms with Crippen LogP contribution < -0.4 is 4.90 Å². The lowest BCUT2D eigenvalue weighted by Gasteiger charge is -2.26. The quantitative estimate of drug-likeness (QED) is 0.190. The molecule has 2 aromatic heterocycles. The number of furan rings is 1. The second kappa shape index (κ2) is 9.43. The van der Waals surface area contributed by atoms with Gasteiger partial charge in [0.2, 0.25) is 0 Å². The molecular weight excluding hydrogens is 567 g/mol. The number of para-hydroxylation sites is 1. The average molecular weight is 592 g/mol. The van der Waals surface area contributed by atoms with Crippen LogP contribution in [0.25, 0.3) is 74.4 Å². The van der Waals surface area contributed by atoms with Crippen LogP contribution in [-0.4, -0.2) is 0 Å². The van der Waals surface area contributed by atoms with Crippen molar-refractivity contribution in [2.24, 2.45) is 0 Å². The van der Waals surface area contributed by atoms with Crippen LogP contribution in [0, 0.1) is 0 Å². The third kappa shape index (κ3) is 3.62. The summed E-state index contributed by atoms with van der Waals surface area (Å²) in [7, 11) is 0. The largest absolute Gasteiger partial charge is 0.456 e. The maximum atomic E-state index is 6.40. The molecule has 0 saturated carbocycles. The molecule has 0 radical (unpaired) electrons. The van der Waals surface area contributed by atoms with Crippen molar-refractivity contribution in [3.8, 4) is 0 Å². The van der Waals surface area contributed by atoms with E-state index in [0.717, 1.165) is 39.0 Å². The molecular formula is C42H25NOS. The van der Waals surface area contributed by atoms with Gasteiger partial charge in [-0.25, -0.2) is 0 Å².